The summed E-state index contributed by atoms with van der Waals surface area (Å²) < 4.78 is 16.0. The molecule has 2 aromatic rings. The van der Waals surface area contributed by atoms with Crippen LogP contribution in [0.5, 0.6) is 11.5 Å². The van der Waals surface area contributed by atoms with E-state index >= 15 is 0 Å². The van der Waals surface area contributed by atoms with Crippen LogP contribution in [0, 0.1) is 5.92 Å². The van der Waals surface area contributed by atoms with Crippen molar-refractivity contribution >= 4 is 28.9 Å². The maximum atomic E-state index is 13.5. The predicted molar refractivity (Wildman–Crippen MR) is 126 cm³/mol. The minimum Gasteiger partial charge on any atom is -0.493 e. The Morgan fingerprint density at radius 1 is 1.15 bits per heavy atom. The SMILES string of the molecule is COCCN(CC(=O)N1N=C(c2cccs2)C[C@H]1c1ccc(OC)c(OC)c1)C(=O)C1CC1. The van der Waals surface area contributed by atoms with E-state index in [4.69, 9.17) is 19.3 Å². The van der Waals surface area contributed by atoms with Crippen molar-refractivity contribution in [3.63, 3.8) is 0 Å². The number of nitrogens with zero attached hydrogens (tertiary/aromatic N) is 3. The number of rotatable bonds is 10. The van der Waals surface area contributed by atoms with Gasteiger partial charge >= 0.3 is 0 Å². The molecule has 176 valence electrons. The molecule has 0 N–H and O–H groups in total. The quantitative estimate of drug-likeness (QED) is 0.531. The Balaban J connectivity index is 1.61. The van der Waals surface area contributed by atoms with Crippen LogP contribution in [0.25, 0.3) is 0 Å². The molecule has 1 saturated carbocycles. The summed E-state index contributed by atoms with van der Waals surface area (Å²) >= 11 is 1.59. The van der Waals surface area contributed by atoms with Crippen molar-refractivity contribution in [3.8, 4) is 11.5 Å². The Bertz CT molecular complexity index is 1020. The molecule has 1 aliphatic carbocycles. The average molecular weight is 472 g/mol. The molecule has 8 nitrogen and oxygen atoms in total. The zero-order chi connectivity index (χ0) is 23.4. The number of carbonyl (C=O) groups excluding carboxylic acids is 2. The lowest BCUT2D eigenvalue weighted by atomic mass is 10.0. The molecule has 1 fully saturated rings. The van der Waals surface area contributed by atoms with Gasteiger partial charge in [0.25, 0.3) is 5.91 Å². The highest BCUT2D eigenvalue weighted by Gasteiger charge is 2.38. The second-order valence-electron chi connectivity index (χ2n) is 8.12. The summed E-state index contributed by atoms with van der Waals surface area (Å²) in [7, 11) is 4.77. The molecule has 33 heavy (non-hydrogen) atoms. The van der Waals surface area contributed by atoms with E-state index in [0.717, 1.165) is 29.0 Å². The van der Waals surface area contributed by atoms with Gasteiger partial charge in [-0.25, -0.2) is 5.01 Å². The first-order valence-electron chi connectivity index (χ1n) is 11.0. The molecular formula is C24H29N3O5S. The van der Waals surface area contributed by atoms with E-state index in [-0.39, 0.29) is 30.3 Å². The number of ether oxygens (including phenoxy) is 3. The fourth-order valence-corrected chi connectivity index (χ4v) is 4.67. The number of amides is 2. The molecular weight excluding hydrogens is 442 g/mol. The van der Waals surface area contributed by atoms with Crippen LogP contribution in [-0.2, 0) is 14.3 Å². The third-order valence-electron chi connectivity index (χ3n) is 5.89. The molecule has 1 aromatic heterocycles. The van der Waals surface area contributed by atoms with Crippen molar-refractivity contribution < 1.29 is 23.8 Å². The van der Waals surface area contributed by atoms with Crippen molar-refractivity contribution in [2.24, 2.45) is 11.0 Å². The smallest absolute Gasteiger partial charge is 0.262 e. The lowest BCUT2D eigenvalue weighted by molar-refractivity contribution is -0.142. The maximum Gasteiger partial charge on any atom is 0.262 e. The van der Waals surface area contributed by atoms with Gasteiger partial charge in [-0.2, -0.15) is 5.10 Å². The summed E-state index contributed by atoms with van der Waals surface area (Å²) in [6.45, 7) is 0.742. The Kier molecular flexibility index (Phi) is 7.29. The number of thiophene rings is 1. The Hall–Kier alpha value is -2.91. The molecule has 1 atom stereocenters. The summed E-state index contributed by atoms with van der Waals surface area (Å²) in [6.07, 6.45) is 2.35. The second kappa shape index (κ2) is 10.4. The molecule has 0 saturated heterocycles. The molecule has 2 aliphatic rings. The van der Waals surface area contributed by atoms with Crippen LogP contribution >= 0.6 is 11.3 Å². The lowest BCUT2D eigenvalue weighted by Crippen LogP contribution is -2.43. The Morgan fingerprint density at radius 2 is 1.94 bits per heavy atom. The van der Waals surface area contributed by atoms with E-state index in [1.165, 1.54) is 5.01 Å². The molecule has 0 bridgehead atoms. The van der Waals surface area contributed by atoms with Gasteiger partial charge in [0.2, 0.25) is 5.91 Å². The van der Waals surface area contributed by atoms with Crippen LogP contribution in [0.1, 0.15) is 35.7 Å². The van der Waals surface area contributed by atoms with E-state index in [9.17, 15) is 9.59 Å². The molecule has 0 spiro atoms. The van der Waals surface area contributed by atoms with Crippen molar-refractivity contribution in [2.45, 2.75) is 25.3 Å². The van der Waals surface area contributed by atoms with Crippen LogP contribution in [0.3, 0.4) is 0 Å². The summed E-state index contributed by atoms with van der Waals surface area (Å²) in [5, 5.41) is 8.23. The standard InChI is InChI=1S/C24H29N3O5S/c1-30-11-10-26(24(29)16-6-7-16)15-23(28)27-19(14-18(25-27)22-5-4-12-33-22)17-8-9-20(31-2)21(13-17)32-3/h4-5,8-9,12-13,16,19H,6-7,10-11,14-15H2,1-3H3/t19-/m0/s1. The number of methoxy groups -OCH3 is 3. The number of hydrogen-bond donors (Lipinski definition) is 0. The van der Waals surface area contributed by atoms with Crippen LogP contribution in [0.2, 0.25) is 0 Å². The van der Waals surface area contributed by atoms with Crippen LogP contribution < -0.4 is 9.47 Å². The summed E-state index contributed by atoms with van der Waals surface area (Å²) in [4.78, 5) is 28.9. The highest BCUT2D eigenvalue weighted by molar-refractivity contribution is 7.12. The Labute approximate surface area is 197 Å². The minimum atomic E-state index is -0.297. The van der Waals surface area contributed by atoms with Gasteiger partial charge in [-0.1, -0.05) is 12.1 Å². The van der Waals surface area contributed by atoms with Gasteiger partial charge in [0.15, 0.2) is 11.5 Å². The first kappa shape index (κ1) is 23.3. The molecule has 2 heterocycles. The largest absolute Gasteiger partial charge is 0.493 e. The fourth-order valence-electron chi connectivity index (χ4n) is 3.94. The first-order chi connectivity index (χ1) is 16.0. The predicted octanol–water partition coefficient (Wildman–Crippen LogP) is 3.33. The second-order valence-corrected chi connectivity index (χ2v) is 9.07. The minimum absolute atomic E-state index is 0.0183. The lowest BCUT2D eigenvalue weighted by Gasteiger charge is -2.27. The van der Waals surface area contributed by atoms with Gasteiger partial charge in [0, 0.05) is 26.0 Å². The maximum absolute atomic E-state index is 13.5. The zero-order valence-corrected chi connectivity index (χ0v) is 20.0. The van der Waals surface area contributed by atoms with Crippen molar-refractivity contribution in [1.82, 2.24) is 9.91 Å². The molecule has 1 aromatic carbocycles. The van der Waals surface area contributed by atoms with Gasteiger partial charge in [-0.05, 0) is 42.0 Å². The molecule has 0 radical (unpaired) electrons. The highest BCUT2D eigenvalue weighted by atomic mass is 32.1. The van der Waals surface area contributed by atoms with E-state index in [0.29, 0.717) is 31.1 Å². The van der Waals surface area contributed by atoms with Crippen LogP contribution in [0.15, 0.2) is 40.8 Å². The van der Waals surface area contributed by atoms with E-state index < -0.39 is 0 Å². The third kappa shape index (κ3) is 5.20. The Morgan fingerprint density at radius 3 is 2.58 bits per heavy atom. The van der Waals surface area contributed by atoms with E-state index in [1.807, 2.05) is 35.7 Å². The van der Waals surface area contributed by atoms with Crippen LogP contribution in [0.4, 0.5) is 0 Å². The molecule has 4 rings (SSSR count). The average Bonchev–Trinajstić information content (AvgIpc) is 3.35. The fraction of sp³-hybridized carbons (Fsp3) is 0.458. The number of hydrazone groups is 1. The highest BCUT2D eigenvalue weighted by Crippen LogP contribution is 2.38. The molecule has 0 unspecified atom stereocenters. The van der Waals surface area contributed by atoms with Crippen molar-refractivity contribution in [1.29, 1.82) is 0 Å². The number of carbonyl (C=O) groups is 2. The van der Waals surface area contributed by atoms with Gasteiger partial charge in [-0.3, -0.25) is 9.59 Å². The van der Waals surface area contributed by atoms with E-state index in [2.05, 4.69) is 0 Å². The van der Waals surface area contributed by atoms with Crippen LogP contribution in [-0.4, -0.2) is 68.5 Å². The molecule has 2 amide bonds. The van der Waals surface area contributed by atoms with E-state index in [1.54, 1.807) is 37.6 Å². The van der Waals surface area contributed by atoms with Gasteiger partial charge < -0.3 is 19.1 Å². The normalized spacial score (nSPS) is 17.6. The summed E-state index contributed by atoms with van der Waals surface area (Å²) in [5.41, 5.74) is 1.75. The summed E-state index contributed by atoms with van der Waals surface area (Å²) in [6, 6.07) is 9.33. The molecule has 9 heteroatoms. The topological polar surface area (TPSA) is 80.7 Å². The summed E-state index contributed by atoms with van der Waals surface area (Å²) in [5.74, 6) is 1.05. The zero-order valence-electron chi connectivity index (χ0n) is 19.2. The third-order valence-corrected chi connectivity index (χ3v) is 6.81. The molecule has 1 aliphatic heterocycles. The monoisotopic (exact) mass is 471 g/mol. The van der Waals surface area contributed by atoms with Gasteiger partial charge in [-0.15, -0.1) is 11.3 Å². The van der Waals surface area contributed by atoms with Crippen molar-refractivity contribution in [3.05, 3.63) is 46.2 Å². The van der Waals surface area contributed by atoms with Gasteiger partial charge in [0.05, 0.1) is 37.5 Å². The first-order valence-corrected chi connectivity index (χ1v) is 11.9. The number of hydrogen-bond acceptors (Lipinski definition) is 7. The van der Waals surface area contributed by atoms with Crippen molar-refractivity contribution in [2.75, 3.05) is 41.0 Å². The number of benzene rings is 1. The van der Waals surface area contributed by atoms with Gasteiger partial charge in [0.1, 0.15) is 6.54 Å².